The fourth-order valence-electron chi connectivity index (χ4n) is 1.37. The Morgan fingerprint density at radius 3 is 2.56 bits per heavy atom. The van der Waals surface area contributed by atoms with E-state index in [4.69, 9.17) is 14.6 Å². The standard InChI is InChI=1S/C11H22O4Si/c1-9(11(12)13)6-4-5-7-16-8-10(14-2)15-3/h6,10H,4-5,7-8,16H2,1-3H3,(H,12,13). The third-order valence-corrected chi connectivity index (χ3v) is 4.34. The first-order chi connectivity index (χ1) is 7.61. The van der Waals surface area contributed by atoms with Crippen molar-refractivity contribution < 1.29 is 19.4 Å². The smallest absolute Gasteiger partial charge is 0.330 e. The molecule has 0 unspecified atom stereocenters. The van der Waals surface area contributed by atoms with E-state index < -0.39 is 5.97 Å². The van der Waals surface area contributed by atoms with Gasteiger partial charge in [0.2, 0.25) is 0 Å². The van der Waals surface area contributed by atoms with E-state index in [1.807, 2.05) is 0 Å². The number of carboxylic acid groups (broad SMARTS) is 1. The molecule has 0 aromatic carbocycles. The maximum Gasteiger partial charge on any atom is 0.330 e. The van der Waals surface area contributed by atoms with Crippen molar-refractivity contribution in [3.05, 3.63) is 11.6 Å². The van der Waals surface area contributed by atoms with E-state index in [1.165, 1.54) is 6.04 Å². The van der Waals surface area contributed by atoms with Gasteiger partial charge < -0.3 is 14.6 Å². The predicted octanol–water partition coefficient (Wildman–Crippen LogP) is 1.42. The molecule has 0 saturated heterocycles. The van der Waals surface area contributed by atoms with Gasteiger partial charge in [0, 0.05) is 29.3 Å². The van der Waals surface area contributed by atoms with Crippen molar-refractivity contribution in [1.82, 2.24) is 0 Å². The van der Waals surface area contributed by atoms with Crippen molar-refractivity contribution in [1.29, 1.82) is 0 Å². The minimum atomic E-state index is -0.823. The molecule has 0 atom stereocenters. The van der Waals surface area contributed by atoms with Gasteiger partial charge in [0.25, 0.3) is 0 Å². The van der Waals surface area contributed by atoms with E-state index in [2.05, 4.69) is 0 Å². The van der Waals surface area contributed by atoms with Crippen molar-refractivity contribution in [3.63, 3.8) is 0 Å². The summed E-state index contributed by atoms with van der Waals surface area (Å²) < 4.78 is 10.2. The summed E-state index contributed by atoms with van der Waals surface area (Å²) in [7, 11) is 3.16. The maximum atomic E-state index is 10.5. The molecule has 0 aromatic rings. The van der Waals surface area contributed by atoms with Crippen LogP contribution in [-0.2, 0) is 14.3 Å². The number of methoxy groups -OCH3 is 2. The molecule has 0 rings (SSSR count). The molecule has 0 fully saturated rings. The van der Waals surface area contributed by atoms with Crippen LogP contribution in [0.4, 0.5) is 0 Å². The number of aliphatic carboxylic acids is 1. The number of allylic oxidation sites excluding steroid dienone is 1. The van der Waals surface area contributed by atoms with Crippen LogP contribution >= 0.6 is 0 Å². The van der Waals surface area contributed by atoms with Crippen LogP contribution in [0.15, 0.2) is 11.6 Å². The largest absolute Gasteiger partial charge is 0.478 e. The summed E-state index contributed by atoms with van der Waals surface area (Å²) in [5.41, 5.74) is 0.438. The second-order valence-corrected chi connectivity index (χ2v) is 5.72. The number of ether oxygens (including phenoxy) is 2. The van der Waals surface area contributed by atoms with E-state index in [-0.39, 0.29) is 15.8 Å². The number of hydrogen-bond acceptors (Lipinski definition) is 3. The molecule has 0 aromatic heterocycles. The van der Waals surface area contributed by atoms with Crippen LogP contribution in [0.25, 0.3) is 0 Å². The third kappa shape index (κ3) is 7.61. The minimum absolute atomic E-state index is 0.0528. The molecule has 0 heterocycles. The molecule has 94 valence electrons. The normalized spacial score (nSPS) is 12.9. The molecule has 4 nitrogen and oxygen atoms in total. The lowest BCUT2D eigenvalue weighted by Crippen LogP contribution is -2.14. The SMILES string of the molecule is COC(C[SiH2]CCCC=C(C)C(=O)O)OC. The number of carbonyl (C=O) groups is 1. The Balaban J connectivity index is 3.47. The van der Waals surface area contributed by atoms with Gasteiger partial charge in [-0.15, -0.1) is 0 Å². The van der Waals surface area contributed by atoms with Gasteiger partial charge in [-0.3, -0.25) is 0 Å². The molecule has 0 aliphatic heterocycles. The van der Waals surface area contributed by atoms with E-state index in [0.29, 0.717) is 5.57 Å². The molecule has 0 bridgehead atoms. The fraction of sp³-hybridized carbons (Fsp3) is 0.727. The lowest BCUT2D eigenvalue weighted by atomic mass is 10.2. The Kier molecular flexibility index (Phi) is 9.17. The first kappa shape index (κ1) is 15.3. The molecule has 16 heavy (non-hydrogen) atoms. The van der Waals surface area contributed by atoms with Gasteiger partial charge >= 0.3 is 5.97 Å². The predicted molar refractivity (Wildman–Crippen MR) is 66.6 cm³/mol. The molecule has 0 aliphatic rings. The van der Waals surface area contributed by atoms with Gasteiger partial charge in [0.1, 0.15) is 0 Å². The van der Waals surface area contributed by atoms with Crippen LogP contribution in [0, 0.1) is 0 Å². The van der Waals surface area contributed by atoms with Crippen LogP contribution in [0.5, 0.6) is 0 Å². The van der Waals surface area contributed by atoms with Crippen LogP contribution in [-0.4, -0.2) is 41.1 Å². The summed E-state index contributed by atoms with van der Waals surface area (Å²) in [5.74, 6) is -0.823. The van der Waals surface area contributed by atoms with Gasteiger partial charge in [-0.2, -0.15) is 0 Å². The van der Waals surface area contributed by atoms with Crippen LogP contribution in [0.2, 0.25) is 12.1 Å². The average Bonchev–Trinajstić information content (AvgIpc) is 2.27. The monoisotopic (exact) mass is 246 g/mol. The zero-order valence-corrected chi connectivity index (χ0v) is 11.8. The van der Waals surface area contributed by atoms with Gasteiger partial charge in [0.15, 0.2) is 6.29 Å². The van der Waals surface area contributed by atoms with Crippen LogP contribution in [0.3, 0.4) is 0 Å². The highest BCUT2D eigenvalue weighted by atomic mass is 28.2. The van der Waals surface area contributed by atoms with E-state index in [9.17, 15) is 4.79 Å². The summed E-state index contributed by atoms with van der Waals surface area (Å²) in [6.07, 6.45) is 3.66. The molecular formula is C11H22O4Si. The molecule has 5 heteroatoms. The second kappa shape index (κ2) is 9.56. The summed E-state index contributed by atoms with van der Waals surface area (Å²) in [6, 6.07) is 2.22. The minimum Gasteiger partial charge on any atom is -0.478 e. The topological polar surface area (TPSA) is 55.8 Å². The van der Waals surface area contributed by atoms with Crippen molar-refractivity contribution in [3.8, 4) is 0 Å². The van der Waals surface area contributed by atoms with Crippen molar-refractivity contribution in [2.45, 2.75) is 38.1 Å². The average molecular weight is 246 g/mol. The zero-order chi connectivity index (χ0) is 12.4. The van der Waals surface area contributed by atoms with Crippen molar-refractivity contribution in [2.24, 2.45) is 0 Å². The highest BCUT2D eigenvalue weighted by Crippen LogP contribution is 2.05. The second-order valence-electron chi connectivity index (χ2n) is 3.73. The fourth-order valence-corrected chi connectivity index (χ4v) is 3.11. The first-order valence-corrected chi connectivity index (χ1v) is 7.57. The van der Waals surface area contributed by atoms with Gasteiger partial charge in [-0.25, -0.2) is 4.79 Å². The first-order valence-electron chi connectivity index (χ1n) is 5.57. The Labute approximate surface area is 99.5 Å². The van der Waals surface area contributed by atoms with Gasteiger partial charge in [-0.05, 0) is 19.4 Å². The molecular weight excluding hydrogens is 224 g/mol. The maximum absolute atomic E-state index is 10.5. The molecule has 0 spiro atoms. The van der Waals surface area contributed by atoms with Crippen LogP contribution < -0.4 is 0 Å². The zero-order valence-electron chi connectivity index (χ0n) is 10.4. The molecule has 0 amide bonds. The lowest BCUT2D eigenvalue weighted by molar-refractivity contribution is -0.132. The molecule has 1 N–H and O–H groups in total. The molecule has 0 saturated carbocycles. The number of unbranched alkanes of at least 4 members (excludes halogenated alkanes) is 1. The van der Waals surface area contributed by atoms with Gasteiger partial charge in [-0.1, -0.05) is 18.5 Å². The summed E-state index contributed by atoms with van der Waals surface area (Å²) >= 11 is 0. The Morgan fingerprint density at radius 1 is 1.44 bits per heavy atom. The highest BCUT2D eigenvalue weighted by molar-refractivity contribution is 6.35. The Bertz CT molecular complexity index is 224. The summed E-state index contributed by atoms with van der Waals surface area (Å²) in [4.78, 5) is 10.5. The van der Waals surface area contributed by atoms with E-state index >= 15 is 0 Å². The lowest BCUT2D eigenvalue weighted by Gasteiger charge is -2.11. The Hall–Kier alpha value is -0.653. The van der Waals surface area contributed by atoms with Gasteiger partial charge in [0.05, 0.1) is 0 Å². The highest BCUT2D eigenvalue weighted by Gasteiger charge is 2.04. The van der Waals surface area contributed by atoms with E-state index in [1.54, 1.807) is 27.2 Å². The number of rotatable bonds is 9. The molecule has 0 radical (unpaired) electrons. The number of carboxylic acids is 1. The van der Waals surface area contributed by atoms with Crippen LogP contribution in [0.1, 0.15) is 19.8 Å². The quantitative estimate of drug-likeness (QED) is 0.289. The van der Waals surface area contributed by atoms with Crippen molar-refractivity contribution in [2.75, 3.05) is 14.2 Å². The van der Waals surface area contributed by atoms with Crippen molar-refractivity contribution >= 4 is 15.5 Å². The third-order valence-electron chi connectivity index (χ3n) is 2.46. The summed E-state index contributed by atoms with van der Waals surface area (Å²) in [6.45, 7) is 1.63. The molecule has 0 aliphatic carbocycles. The Morgan fingerprint density at radius 2 is 2.06 bits per heavy atom. The number of hydrogen-bond donors (Lipinski definition) is 1. The van der Waals surface area contributed by atoms with E-state index in [0.717, 1.165) is 18.9 Å². The summed E-state index contributed by atoms with van der Waals surface area (Å²) in [5, 5.41) is 8.63.